The number of H-pyrrole nitrogens is 1. The fraction of sp³-hybridized carbons (Fsp3) is 0.0667. The molecule has 1 heterocycles. The Morgan fingerprint density at radius 3 is 2.63 bits per heavy atom. The van der Waals surface area contributed by atoms with Crippen LogP contribution in [-0.2, 0) is 0 Å². The summed E-state index contributed by atoms with van der Waals surface area (Å²) in [5.41, 5.74) is 3.22. The van der Waals surface area contributed by atoms with Gasteiger partial charge < -0.3 is 0 Å². The van der Waals surface area contributed by atoms with Gasteiger partial charge in [-0.2, -0.15) is 5.10 Å². The molecule has 1 N–H and O–H groups in total. The van der Waals surface area contributed by atoms with Crippen LogP contribution in [0.4, 0.5) is 0 Å². The van der Waals surface area contributed by atoms with Crippen LogP contribution in [0.1, 0.15) is 5.56 Å². The molecule has 0 fully saturated rings. The summed E-state index contributed by atoms with van der Waals surface area (Å²) in [6, 6.07) is 16.1. The third-order valence-corrected chi connectivity index (χ3v) is 3.59. The van der Waals surface area contributed by atoms with Gasteiger partial charge in [0, 0.05) is 15.6 Å². The highest BCUT2D eigenvalue weighted by Crippen LogP contribution is 2.27. The number of nitrogens with zero attached hydrogens (tertiary/aromatic N) is 2. The summed E-state index contributed by atoms with van der Waals surface area (Å²) in [7, 11) is 0. The molecule has 0 atom stereocenters. The van der Waals surface area contributed by atoms with E-state index < -0.39 is 0 Å². The average molecular weight is 314 g/mol. The molecule has 0 saturated heterocycles. The maximum atomic E-state index is 4.56. The van der Waals surface area contributed by atoms with Gasteiger partial charge >= 0.3 is 0 Å². The van der Waals surface area contributed by atoms with E-state index >= 15 is 0 Å². The van der Waals surface area contributed by atoms with Crippen molar-refractivity contribution in [3.63, 3.8) is 0 Å². The Labute approximate surface area is 119 Å². The van der Waals surface area contributed by atoms with Crippen molar-refractivity contribution in [3.8, 4) is 22.8 Å². The van der Waals surface area contributed by atoms with Crippen LogP contribution < -0.4 is 0 Å². The van der Waals surface area contributed by atoms with Crippen LogP contribution in [0.2, 0.25) is 0 Å². The summed E-state index contributed by atoms with van der Waals surface area (Å²) >= 11 is 3.54. The summed E-state index contributed by atoms with van der Waals surface area (Å²) in [6.07, 6.45) is 0. The zero-order valence-electron chi connectivity index (χ0n) is 10.4. The first kappa shape index (κ1) is 12.1. The second-order valence-corrected chi connectivity index (χ2v) is 5.21. The zero-order chi connectivity index (χ0) is 13.2. The van der Waals surface area contributed by atoms with E-state index in [1.54, 1.807) is 0 Å². The molecule has 19 heavy (non-hydrogen) atoms. The summed E-state index contributed by atoms with van der Waals surface area (Å²) in [4.78, 5) is 4.56. The number of rotatable bonds is 2. The van der Waals surface area contributed by atoms with Gasteiger partial charge in [0.15, 0.2) is 11.6 Å². The van der Waals surface area contributed by atoms with Crippen molar-refractivity contribution in [1.29, 1.82) is 0 Å². The molecule has 94 valence electrons. The topological polar surface area (TPSA) is 41.6 Å². The first-order chi connectivity index (χ1) is 9.24. The van der Waals surface area contributed by atoms with Crippen molar-refractivity contribution in [2.45, 2.75) is 6.92 Å². The Kier molecular flexibility index (Phi) is 3.17. The summed E-state index contributed by atoms with van der Waals surface area (Å²) in [6.45, 7) is 2.06. The first-order valence-corrected chi connectivity index (χ1v) is 6.78. The van der Waals surface area contributed by atoms with Crippen LogP contribution in [0.15, 0.2) is 53.0 Å². The third-order valence-electron chi connectivity index (χ3n) is 2.89. The molecule has 3 aromatic rings. The van der Waals surface area contributed by atoms with Gasteiger partial charge in [0.25, 0.3) is 0 Å². The molecule has 0 aliphatic carbocycles. The number of benzene rings is 2. The molecule has 3 rings (SSSR count). The van der Waals surface area contributed by atoms with E-state index in [2.05, 4.69) is 50.2 Å². The van der Waals surface area contributed by atoms with E-state index in [1.165, 1.54) is 5.56 Å². The molecular weight excluding hydrogens is 302 g/mol. The lowest BCUT2D eigenvalue weighted by Crippen LogP contribution is -1.84. The fourth-order valence-electron chi connectivity index (χ4n) is 1.92. The van der Waals surface area contributed by atoms with E-state index in [0.29, 0.717) is 5.82 Å². The zero-order valence-corrected chi connectivity index (χ0v) is 12.0. The first-order valence-electron chi connectivity index (χ1n) is 5.98. The van der Waals surface area contributed by atoms with Gasteiger partial charge in [-0.05, 0) is 19.1 Å². The summed E-state index contributed by atoms with van der Waals surface area (Å²) < 4.78 is 1.01. The van der Waals surface area contributed by atoms with Crippen molar-refractivity contribution in [3.05, 3.63) is 58.6 Å². The summed E-state index contributed by atoms with van der Waals surface area (Å²) in [5.74, 6) is 1.48. The number of nitrogens with one attached hydrogen (secondary N) is 1. The Bertz CT molecular complexity index is 704. The molecule has 4 heteroatoms. The lowest BCUT2D eigenvalue weighted by Gasteiger charge is -2.01. The van der Waals surface area contributed by atoms with Gasteiger partial charge in [-0.3, -0.25) is 5.10 Å². The van der Waals surface area contributed by atoms with Gasteiger partial charge in [0.05, 0.1) is 0 Å². The van der Waals surface area contributed by atoms with Crippen molar-refractivity contribution >= 4 is 15.9 Å². The Balaban J connectivity index is 2.04. The summed E-state index contributed by atoms with van der Waals surface area (Å²) in [5, 5.41) is 7.27. The number of hydrogen-bond acceptors (Lipinski definition) is 2. The maximum absolute atomic E-state index is 4.56. The smallest absolute Gasteiger partial charge is 0.181 e. The number of hydrogen-bond donors (Lipinski definition) is 1. The van der Waals surface area contributed by atoms with Crippen molar-refractivity contribution < 1.29 is 0 Å². The Hall–Kier alpha value is -1.94. The van der Waals surface area contributed by atoms with Crippen LogP contribution in [0.25, 0.3) is 22.8 Å². The normalized spacial score (nSPS) is 10.6. The molecule has 3 nitrogen and oxygen atoms in total. The molecule has 2 aromatic carbocycles. The van der Waals surface area contributed by atoms with Crippen LogP contribution in [0.3, 0.4) is 0 Å². The molecule has 0 radical (unpaired) electrons. The number of aryl methyl sites for hydroxylation is 1. The largest absolute Gasteiger partial charge is 0.259 e. The van der Waals surface area contributed by atoms with E-state index in [0.717, 1.165) is 21.4 Å². The lowest BCUT2D eigenvalue weighted by molar-refractivity contribution is 1.10. The van der Waals surface area contributed by atoms with E-state index in [9.17, 15) is 0 Å². The predicted molar refractivity (Wildman–Crippen MR) is 79.7 cm³/mol. The van der Waals surface area contributed by atoms with Crippen molar-refractivity contribution in [2.75, 3.05) is 0 Å². The molecule has 0 unspecified atom stereocenters. The van der Waals surface area contributed by atoms with Gasteiger partial charge in [-0.1, -0.05) is 57.9 Å². The third kappa shape index (κ3) is 2.44. The Morgan fingerprint density at radius 1 is 1.05 bits per heavy atom. The van der Waals surface area contributed by atoms with Crippen LogP contribution in [-0.4, -0.2) is 15.2 Å². The molecule has 0 bridgehead atoms. The monoisotopic (exact) mass is 313 g/mol. The van der Waals surface area contributed by atoms with E-state index in [-0.39, 0.29) is 0 Å². The second kappa shape index (κ2) is 4.97. The van der Waals surface area contributed by atoms with Crippen molar-refractivity contribution in [1.82, 2.24) is 15.2 Å². The number of halogens is 1. The standard InChI is InChI=1S/C15H12BrN3/c1-10-7-8-13(16)12(9-10)15-17-14(18-19-15)11-5-3-2-4-6-11/h2-9H,1H3,(H,17,18,19). The van der Waals surface area contributed by atoms with Gasteiger partial charge in [-0.15, -0.1) is 0 Å². The molecule has 0 aliphatic rings. The SMILES string of the molecule is Cc1ccc(Br)c(-c2nc(-c3ccccc3)n[nH]2)c1. The lowest BCUT2D eigenvalue weighted by atomic mass is 10.1. The maximum Gasteiger partial charge on any atom is 0.181 e. The van der Waals surface area contributed by atoms with Crippen LogP contribution >= 0.6 is 15.9 Å². The minimum absolute atomic E-state index is 0.712. The van der Waals surface area contributed by atoms with Crippen molar-refractivity contribution in [2.24, 2.45) is 0 Å². The van der Waals surface area contributed by atoms with Gasteiger partial charge in [-0.25, -0.2) is 4.98 Å². The van der Waals surface area contributed by atoms with Crippen LogP contribution in [0, 0.1) is 6.92 Å². The number of aromatic nitrogens is 3. The van der Waals surface area contributed by atoms with Crippen LogP contribution in [0.5, 0.6) is 0 Å². The minimum atomic E-state index is 0.712. The minimum Gasteiger partial charge on any atom is -0.259 e. The molecule has 1 aromatic heterocycles. The molecular formula is C15H12BrN3. The highest BCUT2D eigenvalue weighted by molar-refractivity contribution is 9.10. The molecule has 0 amide bonds. The highest BCUT2D eigenvalue weighted by atomic mass is 79.9. The second-order valence-electron chi connectivity index (χ2n) is 4.36. The van der Waals surface area contributed by atoms with E-state index in [4.69, 9.17) is 0 Å². The number of aromatic amines is 1. The van der Waals surface area contributed by atoms with Gasteiger partial charge in [0.2, 0.25) is 0 Å². The Morgan fingerprint density at radius 2 is 1.84 bits per heavy atom. The van der Waals surface area contributed by atoms with E-state index in [1.807, 2.05) is 36.4 Å². The predicted octanol–water partition coefficient (Wildman–Crippen LogP) is 4.21. The molecule has 0 spiro atoms. The molecule has 0 saturated carbocycles. The van der Waals surface area contributed by atoms with Gasteiger partial charge in [0.1, 0.15) is 0 Å². The quantitative estimate of drug-likeness (QED) is 0.770. The highest BCUT2D eigenvalue weighted by Gasteiger charge is 2.10. The molecule has 0 aliphatic heterocycles. The average Bonchev–Trinajstić information content (AvgIpc) is 2.92. The fourth-order valence-corrected chi connectivity index (χ4v) is 2.35.